The van der Waals surface area contributed by atoms with E-state index in [1.165, 1.54) is 64.2 Å². The Labute approximate surface area is 181 Å². The molecule has 9 atom stereocenters. The smallest absolute Gasteiger partial charge is 0.00971 e. The van der Waals surface area contributed by atoms with Crippen LogP contribution in [0, 0.1) is 52.3 Å². The van der Waals surface area contributed by atoms with E-state index < -0.39 is 0 Å². The number of hydrogen-bond acceptors (Lipinski definition) is 1. The summed E-state index contributed by atoms with van der Waals surface area (Å²) in [6.07, 6.45) is 18.1. The van der Waals surface area contributed by atoms with Gasteiger partial charge in [-0.05, 0) is 124 Å². The summed E-state index contributed by atoms with van der Waals surface area (Å²) in [7, 11) is 0. The summed E-state index contributed by atoms with van der Waals surface area (Å²) in [4.78, 5) is 0. The van der Waals surface area contributed by atoms with Crippen molar-refractivity contribution in [2.75, 3.05) is 0 Å². The minimum absolute atomic E-state index is 0.0211. The van der Waals surface area contributed by atoms with Crippen molar-refractivity contribution >= 4 is 0 Å². The first-order valence-electron chi connectivity index (χ1n) is 13.0. The molecule has 4 fully saturated rings. The summed E-state index contributed by atoms with van der Waals surface area (Å²) in [6, 6.07) is 0. The number of nitrogens with two attached hydrogens (primary N) is 1. The summed E-state index contributed by atoms with van der Waals surface area (Å²) in [5, 5.41) is 0. The van der Waals surface area contributed by atoms with Gasteiger partial charge in [0.2, 0.25) is 0 Å². The van der Waals surface area contributed by atoms with Crippen LogP contribution >= 0.6 is 0 Å². The van der Waals surface area contributed by atoms with Gasteiger partial charge in [-0.2, -0.15) is 0 Å². The van der Waals surface area contributed by atoms with Gasteiger partial charge in [0.15, 0.2) is 0 Å². The highest BCUT2D eigenvalue weighted by molar-refractivity contribution is 5.13. The van der Waals surface area contributed by atoms with Crippen LogP contribution in [0.3, 0.4) is 0 Å². The van der Waals surface area contributed by atoms with E-state index in [0.29, 0.717) is 10.8 Å². The van der Waals surface area contributed by atoms with Crippen LogP contribution in [0.5, 0.6) is 0 Å². The Hall–Kier alpha value is -0.300. The molecule has 1 nitrogen and oxygen atoms in total. The molecule has 2 N–H and O–H groups in total. The fraction of sp³-hybridized carbons (Fsp3) is 0.929. The van der Waals surface area contributed by atoms with Gasteiger partial charge in [-0.1, -0.05) is 39.7 Å². The monoisotopic (exact) mass is 399 g/mol. The SMILES string of the molecule is C=CC1C[C@@H]2CCCC[C@]2(C)C2CC[C@@]3(C)C(CC[C@@H]3C(C)CCC(C)(C)N)C12. The summed E-state index contributed by atoms with van der Waals surface area (Å²) in [5.41, 5.74) is 7.49. The van der Waals surface area contributed by atoms with E-state index in [1.807, 2.05) is 0 Å². The zero-order chi connectivity index (χ0) is 21.0. The van der Waals surface area contributed by atoms with Crippen molar-refractivity contribution in [2.45, 2.75) is 111 Å². The summed E-state index contributed by atoms with van der Waals surface area (Å²) < 4.78 is 0. The molecule has 4 saturated carbocycles. The maximum Gasteiger partial charge on any atom is 0.00971 e. The lowest BCUT2D eigenvalue weighted by molar-refractivity contribution is -0.131. The Morgan fingerprint density at radius 2 is 1.76 bits per heavy atom. The van der Waals surface area contributed by atoms with Gasteiger partial charge in [0.05, 0.1) is 0 Å². The lowest BCUT2D eigenvalue weighted by atomic mass is 9.42. The maximum atomic E-state index is 6.34. The second-order valence-corrected chi connectivity index (χ2v) is 13.1. The zero-order valence-electron chi connectivity index (χ0n) is 20.2. The highest BCUT2D eigenvalue weighted by Crippen LogP contribution is 2.69. The molecule has 0 amide bonds. The minimum atomic E-state index is -0.0211. The number of fused-ring (bicyclic) bond motifs is 5. The third kappa shape index (κ3) is 3.66. The molecule has 1 heteroatoms. The van der Waals surface area contributed by atoms with Gasteiger partial charge in [0, 0.05) is 5.54 Å². The fourth-order valence-corrected chi connectivity index (χ4v) is 9.38. The lowest BCUT2D eigenvalue weighted by Crippen LogP contribution is -2.55. The van der Waals surface area contributed by atoms with E-state index in [2.05, 4.69) is 47.3 Å². The molecule has 166 valence electrons. The van der Waals surface area contributed by atoms with Crippen LogP contribution in [0.25, 0.3) is 0 Å². The van der Waals surface area contributed by atoms with Crippen molar-refractivity contribution < 1.29 is 0 Å². The Kier molecular flexibility index (Phi) is 5.81. The van der Waals surface area contributed by atoms with Crippen molar-refractivity contribution in [3.63, 3.8) is 0 Å². The first-order valence-corrected chi connectivity index (χ1v) is 13.0. The van der Waals surface area contributed by atoms with Crippen LogP contribution in [-0.4, -0.2) is 5.54 Å². The molecule has 4 rings (SSSR count). The quantitative estimate of drug-likeness (QED) is 0.473. The van der Waals surface area contributed by atoms with Crippen LogP contribution in [0.1, 0.15) is 105 Å². The predicted octanol–water partition coefficient (Wildman–Crippen LogP) is 7.60. The molecular formula is C28H49N. The molecule has 5 unspecified atom stereocenters. The average Bonchev–Trinajstić information content (AvgIpc) is 3.02. The van der Waals surface area contributed by atoms with E-state index >= 15 is 0 Å². The van der Waals surface area contributed by atoms with Gasteiger partial charge in [0.25, 0.3) is 0 Å². The second kappa shape index (κ2) is 7.68. The molecule has 0 bridgehead atoms. The second-order valence-electron chi connectivity index (χ2n) is 13.1. The van der Waals surface area contributed by atoms with Gasteiger partial charge in [-0.3, -0.25) is 0 Å². The highest BCUT2D eigenvalue weighted by Gasteiger charge is 2.61. The molecule has 29 heavy (non-hydrogen) atoms. The molecule has 0 radical (unpaired) electrons. The Balaban J connectivity index is 1.57. The van der Waals surface area contributed by atoms with E-state index in [-0.39, 0.29) is 5.54 Å². The van der Waals surface area contributed by atoms with Crippen LogP contribution in [0.15, 0.2) is 12.7 Å². The Bertz CT molecular complexity index is 602. The van der Waals surface area contributed by atoms with E-state index in [9.17, 15) is 0 Å². The van der Waals surface area contributed by atoms with E-state index in [0.717, 1.165) is 47.8 Å². The maximum absolute atomic E-state index is 6.34. The number of allylic oxidation sites excluding steroid dienone is 1. The zero-order valence-corrected chi connectivity index (χ0v) is 20.2. The number of hydrogen-bond donors (Lipinski definition) is 1. The fourth-order valence-electron chi connectivity index (χ4n) is 9.38. The topological polar surface area (TPSA) is 26.0 Å². The molecule has 4 aliphatic carbocycles. The molecule has 0 aliphatic heterocycles. The molecule has 0 aromatic rings. The van der Waals surface area contributed by atoms with Crippen molar-refractivity contribution in [1.29, 1.82) is 0 Å². The normalized spacial score (nSPS) is 48.3. The molecule has 0 spiro atoms. The Morgan fingerprint density at radius 1 is 1.03 bits per heavy atom. The van der Waals surface area contributed by atoms with Crippen LogP contribution in [0.4, 0.5) is 0 Å². The molecule has 0 heterocycles. The van der Waals surface area contributed by atoms with Crippen LogP contribution in [0.2, 0.25) is 0 Å². The summed E-state index contributed by atoms with van der Waals surface area (Å²) in [6.45, 7) is 16.7. The van der Waals surface area contributed by atoms with E-state index in [1.54, 1.807) is 0 Å². The van der Waals surface area contributed by atoms with Crippen LogP contribution < -0.4 is 5.73 Å². The predicted molar refractivity (Wildman–Crippen MR) is 126 cm³/mol. The summed E-state index contributed by atoms with van der Waals surface area (Å²) >= 11 is 0. The first-order chi connectivity index (χ1) is 13.6. The Morgan fingerprint density at radius 3 is 2.45 bits per heavy atom. The largest absolute Gasteiger partial charge is 0.326 e. The number of rotatable bonds is 5. The summed E-state index contributed by atoms with van der Waals surface area (Å²) in [5.74, 6) is 6.26. The van der Waals surface area contributed by atoms with Gasteiger partial charge in [-0.15, -0.1) is 6.58 Å². The van der Waals surface area contributed by atoms with Gasteiger partial charge in [-0.25, -0.2) is 0 Å². The molecule has 0 aromatic heterocycles. The van der Waals surface area contributed by atoms with Gasteiger partial charge in [0.1, 0.15) is 0 Å². The molecule has 0 aromatic carbocycles. The average molecular weight is 400 g/mol. The van der Waals surface area contributed by atoms with Gasteiger partial charge < -0.3 is 5.73 Å². The third-order valence-corrected chi connectivity index (χ3v) is 11.0. The molecule has 0 saturated heterocycles. The minimum Gasteiger partial charge on any atom is -0.326 e. The van der Waals surface area contributed by atoms with Crippen molar-refractivity contribution in [3.05, 3.63) is 12.7 Å². The van der Waals surface area contributed by atoms with E-state index in [4.69, 9.17) is 5.73 Å². The molecule has 4 aliphatic rings. The first kappa shape index (κ1) is 21.9. The lowest BCUT2D eigenvalue weighted by Gasteiger charge is -2.63. The van der Waals surface area contributed by atoms with Gasteiger partial charge >= 0.3 is 0 Å². The third-order valence-electron chi connectivity index (χ3n) is 11.0. The highest BCUT2D eigenvalue weighted by atomic mass is 14.7. The standard InChI is InChI=1S/C28H49N/c1-7-20-18-21-10-8-9-15-27(21,5)24-14-17-28(6)22(11-12-23(28)25(20)24)19(2)13-16-26(3,4)29/h7,19-25H,1,8-18,29H2,2-6H3/t19?,20?,21-,22+,23?,24?,25?,27-,28+/m0/s1. The van der Waals surface area contributed by atoms with Crippen molar-refractivity contribution in [2.24, 2.45) is 58.0 Å². The van der Waals surface area contributed by atoms with Crippen molar-refractivity contribution in [1.82, 2.24) is 0 Å². The molecular weight excluding hydrogens is 350 g/mol. The van der Waals surface area contributed by atoms with Crippen molar-refractivity contribution in [3.8, 4) is 0 Å². The van der Waals surface area contributed by atoms with Crippen LogP contribution in [-0.2, 0) is 0 Å².